The number of halogens is 1. The molecule has 2 N–H and O–H groups in total. The van der Waals surface area contributed by atoms with Crippen LogP contribution in [0.1, 0.15) is 47.4 Å². The van der Waals surface area contributed by atoms with Crippen molar-refractivity contribution >= 4 is 11.7 Å². The Hall–Kier alpha value is -3.23. The molecular weight excluding hydrogens is 439 g/mol. The molecule has 2 aliphatic rings. The molecule has 1 unspecified atom stereocenters. The Morgan fingerprint density at radius 2 is 1.91 bits per heavy atom. The minimum atomic E-state index is -0.735. The van der Waals surface area contributed by atoms with Crippen LogP contribution in [0.25, 0.3) is 0 Å². The third kappa shape index (κ3) is 5.46. The molecule has 4 rings (SSSR count). The number of aliphatic hydroxyl groups excluding tert-OH is 1. The number of β-amino-alcohol motifs (C(OH)–C–C–N with tert-alkyl or cyclic N) is 1. The molecule has 180 valence electrons. The zero-order valence-corrected chi connectivity index (χ0v) is 19.3. The molecule has 0 radical (unpaired) electrons. The zero-order chi connectivity index (χ0) is 24.2. The van der Waals surface area contributed by atoms with Crippen molar-refractivity contribution in [1.29, 1.82) is 0 Å². The Morgan fingerprint density at radius 1 is 1.21 bits per heavy atom. The summed E-state index contributed by atoms with van der Waals surface area (Å²) in [7, 11) is 0. The molecule has 7 nitrogen and oxygen atoms in total. The Kier molecular flexibility index (Phi) is 7.29. The highest BCUT2D eigenvalue weighted by atomic mass is 19.1. The number of hydrogen-bond donors (Lipinski definition) is 2. The van der Waals surface area contributed by atoms with Crippen molar-refractivity contribution in [1.82, 2.24) is 10.2 Å². The van der Waals surface area contributed by atoms with Gasteiger partial charge in [-0.1, -0.05) is 6.07 Å². The average molecular weight is 469 g/mol. The summed E-state index contributed by atoms with van der Waals surface area (Å²) in [5, 5.41) is 13.5. The molecule has 1 atom stereocenters. The lowest BCUT2D eigenvalue weighted by molar-refractivity contribution is 0.0564. The van der Waals surface area contributed by atoms with E-state index in [1.165, 1.54) is 24.3 Å². The van der Waals surface area contributed by atoms with Gasteiger partial charge in [-0.2, -0.15) is 0 Å². The number of nitrogens with zero attached hydrogens (tertiary/aromatic N) is 1. The van der Waals surface area contributed by atoms with E-state index in [1.54, 1.807) is 18.2 Å². The molecule has 2 aliphatic heterocycles. The zero-order valence-electron chi connectivity index (χ0n) is 19.3. The number of likely N-dealkylation sites (tertiary alicyclic amines) is 1. The topological polar surface area (TPSA) is 88.1 Å². The van der Waals surface area contributed by atoms with E-state index in [-0.39, 0.29) is 30.2 Å². The molecule has 8 heteroatoms. The average Bonchev–Trinajstić information content (AvgIpc) is 3.17. The number of hydrogen-bond acceptors (Lipinski definition) is 6. The lowest BCUT2D eigenvalue weighted by Crippen LogP contribution is -2.47. The number of allylic oxidation sites excluding steroid dienone is 2. The van der Waals surface area contributed by atoms with Gasteiger partial charge in [0.15, 0.2) is 5.76 Å². The van der Waals surface area contributed by atoms with Gasteiger partial charge < -0.3 is 24.8 Å². The summed E-state index contributed by atoms with van der Waals surface area (Å²) in [4.78, 5) is 27.1. The van der Waals surface area contributed by atoms with Gasteiger partial charge in [0, 0.05) is 31.2 Å². The first-order valence-corrected chi connectivity index (χ1v) is 11.4. The molecule has 0 aromatic heterocycles. The lowest BCUT2D eigenvalue weighted by atomic mass is 10.0. The van der Waals surface area contributed by atoms with E-state index in [0.29, 0.717) is 34.9 Å². The minimum Gasteiger partial charge on any atom is -0.490 e. The third-order valence-electron chi connectivity index (χ3n) is 6.02. The van der Waals surface area contributed by atoms with Crippen LogP contribution in [0.5, 0.6) is 11.5 Å². The van der Waals surface area contributed by atoms with Crippen LogP contribution in [0.3, 0.4) is 0 Å². The lowest BCUT2D eigenvalue weighted by Gasteiger charge is -2.33. The summed E-state index contributed by atoms with van der Waals surface area (Å²) in [6.45, 7) is 5.57. The van der Waals surface area contributed by atoms with Crippen LogP contribution in [-0.2, 0) is 0 Å². The first-order chi connectivity index (χ1) is 16.3. The van der Waals surface area contributed by atoms with E-state index < -0.39 is 6.10 Å². The number of Topliss-reactive ketones (excluding diaryl/α,β-unsaturated/α-hetero) is 1. The number of benzene rings is 2. The maximum atomic E-state index is 13.0. The molecular formula is C26H29FN2O5. The second-order valence-electron chi connectivity index (χ2n) is 8.91. The minimum absolute atomic E-state index is 0.0318. The number of aliphatic hydroxyl groups is 1. The van der Waals surface area contributed by atoms with E-state index in [1.807, 2.05) is 13.8 Å². The summed E-state index contributed by atoms with van der Waals surface area (Å²) in [5.41, 5.74) is 1.62. The van der Waals surface area contributed by atoms with Gasteiger partial charge in [0.05, 0.1) is 0 Å². The first kappa shape index (κ1) is 23.9. The normalized spacial score (nSPS) is 17.2. The van der Waals surface area contributed by atoms with Crippen molar-refractivity contribution in [2.75, 3.05) is 26.2 Å². The number of rotatable bonds is 7. The molecule has 0 saturated carbocycles. The van der Waals surface area contributed by atoms with E-state index in [2.05, 4.69) is 10.2 Å². The maximum absolute atomic E-state index is 13.0. The number of ketones is 1. The molecule has 2 aromatic carbocycles. The number of carbonyl (C=O) groups is 2. The quantitative estimate of drug-likeness (QED) is 0.606. The van der Waals surface area contributed by atoms with E-state index in [4.69, 9.17) is 9.47 Å². The van der Waals surface area contributed by atoms with Crippen LogP contribution >= 0.6 is 0 Å². The molecule has 0 bridgehead atoms. The summed E-state index contributed by atoms with van der Waals surface area (Å²) in [6.07, 6.45) is 0.773. The van der Waals surface area contributed by atoms with Gasteiger partial charge in [-0.05, 0) is 68.7 Å². The van der Waals surface area contributed by atoms with Crippen LogP contribution in [0.4, 0.5) is 4.39 Å². The fourth-order valence-electron chi connectivity index (χ4n) is 4.21. The van der Waals surface area contributed by atoms with Crippen LogP contribution < -0.4 is 14.8 Å². The maximum Gasteiger partial charge on any atom is 0.251 e. The summed E-state index contributed by atoms with van der Waals surface area (Å²) in [6, 6.07) is 10.7. The van der Waals surface area contributed by atoms with Crippen LogP contribution in [0, 0.1) is 5.82 Å². The summed E-state index contributed by atoms with van der Waals surface area (Å²) < 4.78 is 24.5. The molecule has 2 aromatic rings. The van der Waals surface area contributed by atoms with Crippen LogP contribution in [-0.4, -0.2) is 60.1 Å². The Balaban J connectivity index is 1.24. The van der Waals surface area contributed by atoms with Crippen molar-refractivity contribution < 1.29 is 28.6 Å². The SMILES string of the molecule is CC(C)=C1Oc2cccc(OCC(O)CN3CCC(NC(=O)c4ccc(F)cc4)CC3)c2C1=O. The van der Waals surface area contributed by atoms with Gasteiger partial charge >= 0.3 is 0 Å². The third-order valence-corrected chi connectivity index (χ3v) is 6.02. The van der Waals surface area contributed by atoms with Gasteiger partial charge in [-0.15, -0.1) is 0 Å². The van der Waals surface area contributed by atoms with Gasteiger partial charge in [-0.25, -0.2) is 4.39 Å². The van der Waals surface area contributed by atoms with Gasteiger partial charge in [-0.3, -0.25) is 9.59 Å². The highest BCUT2D eigenvalue weighted by molar-refractivity contribution is 6.14. The number of nitrogens with one attached hydrogen (secondary N) is 1. The number of ether oxygens (including phenoxy) is 2. The van der Waals surface area contributed by atoms with Gasteiger partial charge in [0.2, 0.25) is 5.78 Å². The van der Waals surface area contributed by atoms with Gasteiger partial charge in [0.25, 0.3) is 5.91 Å². The molecule has 34 heavy (non-hydrogen) atoms. The monoisotopic (exact) mass is 468 g/mol. The number of piperidine rings is 1. The van der Waals surface area contributed by atoms with Crippen LogP contribution in [0.15, 0.2) is 53.8 Å². The van der Waals surface area contributed by atoms with E-state index >= 15 is 0 Å². The summed E-state index contributed by atoms with van der Waals surface area (Å²) >= 11 is 0. The Morgan fingerprint density at radius 3 is 2.59 bits per heavy atom. The van der Waals surface area contributed by atoms with E-state index in [0.717, 1.165) is 31.5 Å². The first-order valence-electron chi connectivity index (χ1n) is 11.4. The standard InChI is InChI=1S/C26H29FN2O5/c1-16(2)25-24(31)23-21(4-3-5-22(23)34-25)33-15-20(30)14-29-12-10-19(11-13-29)28-26(32)17-6-8-18(27)9-7-17/h3-9,19-20,30H,10-15H2,1-2H3,(H,28,32). The highest BCUT2D eigenvalue weighted by Gasteiger charge is 2.32. The smallest absolute Gasteiger partial charge is 0.251 e. The van der Waals surface area contributed by atoms with Crippen molar-refractivity contribution in [2.45, 2.75) is 38.8 Å². The highest BCUT2D eigenvalue weighted by Crippen LogP contribution is 2.38. The summed E-state index contributed by atoms with van der Waals surface area (Å²) in [5.74, 6) is 0.405. The number of amides is 1. The number of fused-ring (bicyclic) bond motifs is 1. The molecule has 2 heterocycles. The fraction of sp³-hybridized carbons (Fsp3) is 0.385. The van der Waals surface area contributed by atoms with Gasteiger partial charge in [0.1, 0.15) is 35.6 Å². The number of carbonyl (C=O) groups excluding carboxylic acids is 2. The second kappa shape index (κ2) is 10.4. The largest absolute Gasteiger partial charge is 0.490 e. The van der Waals surface area contributed by atoms with Crippen molar-refractivity contribution in [3.05, 3.63) is 70.7 Å². The molecule has 0 spiro atoms. The Bertz CT molecular complexity index is 1090. The molecule has 0 aliphatic carbocycles. The van der Waals surface area contributed by atoms with E-state index in [9.17, 15) is 19.1 Å². The molecule has 1 saturated heterocycles. The fourth-order valence-corrected chi connectivity index (χ4v) is 4.21. The van der Waals surface area contributed by atoms with Crippen molar-refractivity contribution in [3.8, 4) is 11.5 Å². The predicted octanol–water partition coefficient (Wildman–Crippen LogP) is 3.33. The second-order valence-corrected chi connectivity index (χ2v) is 8.91. The molecule has 1 fully saturated rings. The van der Waals surface area contributed by atoms with Crippen LogP contribution in [0.2, 0.25) is 0 Å². The molecule has 1 amide bonds. The predicted molar refractivity (Wildman–Crippen MR) is 125 cm³/mol. The Labute approximate surface area is 198 Å². The van der Waals surface area contributed by atoms with Crippen molar-refractivity contribution in [2.24, 2.45) is 0 Å². The van der Waals surface area contributed by atoms with Crippen molar-refractivity contribution in [3.63, 3.8) is 0 Å².